The van der Waals surface area contributed by atoms with E-state index in [0.717, 1.165) is 15.9 Å². The standard InChI is InChI=1S/C14H18BrN3O2/c1-9(2)18-14(16-8-17-18)7-20-13-5-4-11(15)6-12(13)10(3)19/h4-6,8-10,19H,7H2,1-3H3. The van der Waals surface area contributed by atoms with Gasteiger partial charge in [-0.05, 0) is 39.0 Å². The van der Waals surface area contributed by atoms with E-state index in [1.807, 2.05) is 36.7 Å². The summed E-state index contributed by atoms with van der Waals surface area (Å²) < 4.78 is 8.51. The van der Waals surface area contributed by atoms with Crippen molar-refractivity contribution in [1.82, 2.24) is 14.8 Å². The molecular weight excluding hydrogens is 322 g/mol. The van der Waals surface area contributed by atoms with Crippen LogP contribution in [0.2, 0.25) is 0 Å². The summed E-state index contributed by atoms with van der Waals surface area (Å²) in [6, 6.07) is 5.81. The Hall–Kier alpha value is -1.40. The SMILES string of the molecule is CC(O)c1cc(Br)ccc1OCc1ncnn1C(C)C. The molecular formula is C14H18BrN3O2. The molecule has 108 valence electrons. The van der Waals surface area contributed by atoms with Gasteiger partial charge in [0, 0.05) is 16.1 Å². The fraction of sp³-hybridized carbons (Fsp3) is 0.429. The van der Waals surface area contributed by atoms with Crippen LogP contribution in [0.5, 0.6) is 5.75 Å². The van der Waals surface area contributed by atoms with Crippen molar-refractivity contribution < 1.29 is 9.84 Å². The zero-order chi connectivity index (χ0) is 14.7. The zero-order valence-corrected chi connectivity index (χ0v) is 13.3. The molecule has 2 aromatic rings. The van der Waals surface area contributed by atoms with Crippen LogP contribution < -0.4 is 4.74 Å². The van der Waals surface area contributed by atoms with Gasteiger partial charge in [-0.2, -0.15) is 5.10 Å². The number of ether oxygens (including phenoxy) is 1. The average molecular weight is 340 g/mol. The van der Waals surface area contributed by atoms with Crippen molar-refractivity contribution in [2.24, 2.45) is 0 Å². The third kappa shape index (κ3) is 3.37. The molecule has 0 saturated heterocycles. The summed E-state index contributed by atoms with van der Waals surface area (Å²) in [5.41, 5.74) is 0.745. The summed E-state index contributed by atoms with van der Waals surface area (Å²) in [6.45, 7) is 6.11. The largest absolute Gasteiger partial charge is 0.485 e. The van der Waals surface area contributed by atoms with E-state index in [-0.39, 0.29) is 6.04 Å². The predicted molar refractivity (Wildman–Crippen MR) is 79.5 cm³/mol. The Balaban J connectivity index is 2.17. The van der Waals surface area contributed by atoms with E-state index in [9.17, 15) is 5.11 Å². The molecule has 1 unspecified atom stereocenters. The maximum Gasteiger partial charge on any atom is 0.165 e. The van der Waals surface area contributed by atoms with Gasteiger partial charge in [0.15, 0.2) is 5.82 Å². The summed E-state index contributed by atoms with van der Waals surface area (Å²) in [6.07, 6.45) is 0.932. The van der Waals surface area contributed by atoms with Crippen LogP contribution in [0.1, 0.15) is 44.3 Å². The first-order chi connectivity index (χ1) is 9.49. The van der Waals surface area contributed by atoms with Gasteiger partial charge in [-0.1, -0.05) is 15.9 Å². The van der Waals surface area contributed by atoms with E-state index < -0.39 is 6.10 Å². The Bertz CT molecular complexity index is 582. The highest BCUT2D eigenvalue weighted by Gasteiger charge is 2.12. The van der Waals surface area contributed by atoms with Crippen LogP contribution in [0, 0.1) is 0 Å². The first kappa shape index (κ1) is 15.0. The minimum Gasteiger partial charge on any atom is -0.485 e. The highest BCUT2D eigenvalue weighted by molar-refractivity contribution is 9.10. The lowest BCUT2D eigenvalue weighted by Crippen LogP contribution is -2.11. The van der Waals surface area contributed by atoms with Gasteiger partial charge in [0.05, 0.1) is 6.10 Å². The summed E-state index contributed by atoms with van der Waals surface area (Å²) in [7, 11) is 0. The van der Waals surface area contributed by atoms with Crippen molar-refractivity contribution in [1.29, 1.82) is 0 Å². The molecule has 0 spiro atoms. The first-order valence-corrected chi connectivity index (χ1v) is 7.27. The minimum atomic E-state index is -0.592. The highest BCUT2D eigenvalue weighted by Crippen LogP contribution is 2.29. The van der Waals surface area contributed by atoms with Crippen LogP contribution in [-0.2, 0) is 6.61 Å². The lowest BCUT2D eigenvalue weighted by molar-refractivity contribution is 0.188. The van der Waals surface area contributed by atoms with Gasteiger partial charge in [-0.15, -0.1) is 0 Å². The number of benzene rings is 1. The van der Waals surface area contributed by atoms with Gasteiger partial charge in [-0.25, -0.2) is 9.67 Å². The Morgan fingerprint density at radius 3 is 2.75 bits per heavy atom. The van der Waals surface area contributed by atoms with Crippen LogP contribution in [-0.4, -0.2) is 19.9 Å². The third-order valence-electron chi connectivity index (χ3n) is 2.92. The molecule has 1 heterocycles. The summed E-state index contributed by atoms with van der Waals surface area (Å²) in [5, 5.41) is 14.0. The fourth-order valence-electron chi connectivity index (χ4n) is 1.93. The number of aliphatic hydroxyl groups excluding tert-OH is 1. The second kappa shape index (κ2) is 6.37. The smallest absolute Gasteiger partial charge is 0.165 e. The molecule has 0 fully saturated rings. The van der Waals surface area contributed by atoms with Crippen molar-refractivity contribution in [3.8, 4) is 5.75 Å². The maximum atomic E-state index is 9.79. The molecule has 1 aromatic heterocycles. The molecule has 0 amide bonds. The number of nitrogens with zero attached hydrogens (tertiary/aromatic N) is 3. The summed E-state index contributed by atoms with van der Waals surface area (Å²) in [4.78, 5) is 4.20. The lowest BCUT2D eigenvalue weighted by Gasteiger charge is -2.15. The van der Waals surface area contributed by atoms with Gasteiger partial charge < -0.3 is 9.84 Å². The molecule has 1 atom stereocenters. The molecule has 0 bridgehead atoms. The Labute approximate surface area is 126 Å². The topological polar surface area (TPSA) is 60.2 Å². The molecule has 0 radical (unpaired) electrons. The third-order valence-corrected chi connectivity index (χ3v) is 3.41. The van der Waals surface area contributed by atoms with Gasteiger partial charge in [-0.3, -0.25) is 0 Å². The Morgan fingerprint density at radius 1 is 1.35 bits per heavy atom. The van der Waals surface area contributed by atoms with Crippen LogP contribution in [0.25, 0.3) is 0 Å². The quantitative estimate of drug-likeness (QED) is 0.908. The lowest BCUT2D eigenvalue weighted by atomic mass is 10.1. The predicted octanol–water partition coefficient (Wildman–Crippen LogP) is 3.25. The molecule has 1 N–H and O–H groups in total. The van der Waals surface area contributed by atoms with E-state index in [0.29, 0.717) is 12.4 Å². The van der Waals surface area contributed by atoms with E-state index in [2.05, 4.69) is 26.0 Å². The summed E-state index contributed by atoms with van der Waals surface area (Å²) in [5.74, 6) is 1.42. The first-order valence-electron chi connectivity index (χ1n) is 6.47. The number of hydrogen-bond acceptors (Lipinski definition) is 4. The monoisotopic (exact) mass is 339 g/mol. The minimum absolute atomic E-state index is 0.234. The van der Waals surface area contributed by atoms with Gasteiger partial charge >= 0.3 is 0 Å². The number of hydrogen-bond donors (Lipinski definition) is 1. The average Bonchev–Trinajstić information content (AvgIpc) is 2.85. The van der Waals surface area contributed by atoms with Gasteiger partial charge in [0.1, 0.15) is 18.7 Å². The number of aromatic nitrogens is 3. The van der Waals surface area contributed by atoms with Gasteiger partial charge in [0.2, 0.25) is 0 Å². The van der Waals surface area contributed by atoms with E-state index in [4.69, 9.17) is 4.74 Å². The van der Waals surface area contributed by atoms with Crippen molar-refractivity contribution in [3.05, 3.63) is 40.4 Å². The van der Waals surface area contributed by atoms with Crippen molar-refractivity contribution in [3.63, 3.8) is 0 Å². The van der Waals surface area contributed by atoms with Crippen LogP contribution in [0.15, 0.2) is 29.0 Å². The molecule has 1 aromatic carbocycles. The molecule has 0 aliphatic heterocycles. The second-order valence-electron chi connectivity index (χ2n) is 4.86. The van der Waals surface area contributed by atoms with E-state index >= 15 is 0 Å². The Morgan fingerprint density at radius 2 is 2.10 bits per heavy atom. The second-order valence-corrected chi connectivity index (χ2v) is 5.78. The molecule has 0 aliphatic rings. The number of aliphatic hydroxyl groups is 1. The zero-order valence-electron chi connectivity index (χ0n) is 11.7. The van der Waals surface area contributed by atoms with E-state index in [1.165, 1.54) is 6.33 Å². The molecule has 2 rings (SSSR count). The van der Waals surface area contributed by atoms with Crippen molar-refractivity contribution in [2.75, 3.05) is 0 Å². The fourth-order valence-corrected chi connectivity index (χ4v) is 2.31. The van der Waals surface area contributed by atoms with Crippen LogP contribution >= 0.6 is 15.9 Å². The van der Waals surface area contributed by atoms with Crippen LogP contribution in [0.4, 0.5) is 0 Å². The van der Waals surface area contributed by atoms with E-state index in [1.54, 1.807) is 6.92 Å². The molecule has 20 heavy (non-hydrogen) atoms. The number of halogens is 1. The Kier molecular flexibility index (Phi) is 4.77. The highest BCUT2D eigenvalue weighted by atomic mass is 79.9. The number of rotatable bonds is 5. The molecule has 0 saturated carbocycles. The van der Waals surface area contributed by atoms with Crippen molar-refractivity contribution >= 4 is 15.9 Å². The molecule has 5 nitrogen and oxygen atoms in total. The van der Waals surface area contributed by atoms with Crippen LogP contribution in [0.3, 0.4) is 0 Å². The van der Waals surface area contributed by atoms with Gasteiger partial charge in [0.25, 0.3) is 0 Å². The normalized spacial score (nSPS) is 12.7. The molecule has 0 aliphatic carbocycles. The maximum absolute atomic E-state index is 9.79. The van der Waals surface area contributed by atoms with Crippen molar-refractivity contribution in [2.45, 2.75) is 39.5 Å². The molecule has 6 heteroatoms. The summed E-state index contributed by atoms with van der Waals surface area (Å²) >= 11 is 3.39.